The summed E-state index contributed by atoms with van der Waals surface area (Å²) >= 11 is 0. The van der Waals surface area contributed by atoms with E-state index in [1.165, 1.54) is 12.1 Å². The van der Waals surface area contributed by atoms with Crippen molar-refractivity contribution in [2.75, 3.05) is 18.0 Å². The molecule has 3 aromatic heterocycles. The van der Waals surface area contributed by atoms with Crippen LogP contribution in [0.1, 0.15) is 43.0 Å². The van der Waals surface area contributed by atoms with Gasteiger partial charge >= 0.3 is 0 Å². The molecule has 0 unspecified atom stereocenters. The highest BCUT2D eigenvalue weighted by molar-refractivity contribution is 5.88. The zero-order valence-corrected chi connectivity index (χ0v) is 18.3. The second-order valence-electron chi connectivity index (χ2n) is 8.86. The maximum atomic E-state index is 14.7. The summed E-state index contributed by atoms with van der Waals surface area (Å²) in [6, 6.07) is 3.50. The zero-order valence-electron chi connectivity index (χ0n) is 18.3. The SMILES string of the molecule is C[C@@H]1CN(c2nc(-c3ccc(F)cc3F)c3c(ncn3C)n2)C[C@H](c2c[nH]nc2C2CC2)O1. The molecule has 0 amide bonds. The van der Waals surface area contributed by atoms with Crippen LogP contribution < -0.4 is 4.90 Å². The predicted octanol–water partition coefficient (Wildman–Crippen LogP) is 3.88. The minimum Gasteiger partial charge on any atom is -0.367 e. The van der Waals surface area contributed by atoms with E-state index in [0.29, 0.717) is 41.8 Å². The molecule has 33 heavy (non-hydrogen) atoms. The minimum absolute atomic E-state index is 0.0697. The van der Waals surface area contributed by atoms with Crippen LogP contribution in [0.2, 0.25) is 0 Å². The fraction of sp³-hybridized carbons (Fsp3) is 0.391. The number of H-pyrrole nitrogens is 1. The van der Waals surface area contributed by atoms with E-state index in [1.807, 2.05) is 18.0 Å². The number of aromatic nitrogens is 6. The molecule has 1 N–H and O–H groups in total. The van der Waals surface area contributed by atoms with E-state index in [0.717, 1.165) is 30.2 Å². The number of benzene rings is 1. The van der Waals surface area contributed by atoms with Gasteiger partial charge < -0.3 is 14.2 Å². The number of nitrogens with zero attached hydrogens (tertiary/aromatic N) is 6. The third kappa shape index (κ3) is 3.54. The summed E-state index contributed by atoms with van der Waals surface area (Å²) in [5, 5.41) is 7.44. The highest BCUT2D eigenvalue weighted by Crippen LogP contribution is 2.43. The maximum absolute atomic E-state index is 14.7. The number of fused-ring (bicyclic) bond motifs is 1. The van der Waals surface area contributed by atoms with Crippen LogP contribution in [0, 0.1) is 11.6 Å². The van der Waals surface area contributed by atoms with Crippen molar-refractivity contribution in [1.29, 1.82) is 0 Å². The molecule has 10 heteroatoms. The summed E-state index contributed by atoms with van der Waals surface area (Å²) in [6.45, 7) is 3.12. The van der Waals surface area contributed by atoms with Gasteiger partial charge in [-0.3, -0.25) is 5.10 Å². The topological polar surface area (TPSA) is 84.8 Å². The molecule has 1 aromatic carbocycles. The molecule has 2 fully saturated rings. The van der Waals surface area contributed by atoms with E-state index in [2.05, 4.69) is 20.2 Å². The number of rotatable bonds is 4. The van der Waals surface area contributed by atoms with Crippen molar-refractivity contribution in [2.45, 2.75) is 37.9 Å². The van der Waals surface area contributed by atoms with E-state index in [-0.39, 0.29) is 17.8 Å². The molecule has 2 aliphatic rings. The van der Waals surface area contributed by atoms with Gasteiger partial charge in [-0.15, -0.1) is 0 Å². The lowest BCUT2D eigenvalue weighted by Gasteiger charge is -2.37. The number of aromatic amines is 1. The first-order chi connectivity index (χ1) is 16.0. The van der Waals surface area contributed by atoms with Gasteiger partial charge in [0.25, 0.3) is 0 Å². The Balaban J connectivity index is 1.42. The van der Waals surface area contributed by atoms with Gasteiger partial charge in [-0.05, 0) is 31.9 Å². The lowest BCUT2D eigenvalue weighted by Crippen LogP contribution is -2.44. The number of hydrogen-bond acceptors (Lipinski definition) is 6. The smallest absolute Gasteiger partial charge is 0.228 e. The number of nitrogens with one attached hydrogen (secondary N) is 1. The van der Waals surface area contributed by atoms with Crippen molar-refractivity contribution in [3.05, 3.63) is 53.6 Å². The van der Waals surface area contributed by atoms with Crippen LogP contribution in [-0.4, -0.2) is 48.9 Å². The van der Waals surface area contributed by atoms with Gasteiger partial charge in [-0.1, -0.05) is 0 Å². The summed E-state index contributed by atoms with van der Waals surface area (Å²) in [5.74, 6) is -0.378. The molecular weight excluding hydrogens is 428 g/mol. The summed E-state index contributed by atoms with van der Waals surface area (Å²) < 4.78 is 36.3. The van der Waals surface area contributed by atoms with Gasteiger partial charge in [0, 0.05) is 42.9 Å². The number of hydrogen-bond donors (Lipinski definition) is 1. The van der Waals surface area contributed by atoms with E-state index in [4.69, 9.17) is 9.72 Å². The largest absolute Gasteiger partial charge is 0.367 e. The van der Waals surface area contributed by atoms with Crippen molar-refractivity contribution in [1.82, 2.24) is 29.7 Å². The second kappa shape index (κ2) is 7.58. The third-order valence-corrected chi connectivity index (χ3v) is 6.30. The molecule has 4 heterocycles. The molecule has 1 aliphatic carbocycles. The summed E-state index contributed by atoms with van der Waals surface area (Å²) in [4.78, 5) is 15.9. The van der Waals surface area contributed by atoms with Crippen LogP contribution in [0.3, 0.4) is 0 Å². The van der Waals surface area contributed by atoms with Gasteiger partial charge in [-0.25, -0.2) is 18.7 Å². The van der Waals surface area contributed by atoms with Gasteiger partial charge in [0.1, 0.15) is 28.9 Å². The van der Waals surface area contributed by atoms with Crippen molar-refractivity contribution < 1.29 is 13.5 Å². The van der Waals surface area contributed by atoms with Crippen LogP contribution in [0.25, 0.3) is 22.4 Å². The second-order valence-corrected chi connectivity index (χ2v) is 8.86. The average molecular weight is 451 g/mol. The van der Waals surface area contributed by atoms with Crippen LogP contribution in [0.5, 0.6) is 0 Å². The van der Waals surface area contributed by atoms with Crippen LogP contribution >= 0.6 is 0 Å². The maximum Gasteiger partial charge on any atom is 0.228 e. The number of aryl methyl sites for hydroxylation is 1. The quantitative estimate of drug-likeness (QED) is 0.507. The molecule has 8 nitrogen and oxygen atoms in total. The monoisotopic (exact) mass is 451 g/mol. The number of anilines is 1. The number of imidazole rings is 1. The molecule has 1 saturated heterocycles. The standard InChI is InChI=1S/C23H23F2N7O/c1-12-9-32(10-18(33-12)16-8-27-30-19(16)13-3-4-13)23-28-20(15-6-5-14(24)7-17(15)25)21-22(29-23)26-11-31(21)2/h5-8,11-13,18H,3-4,9-10H2,1-2H3,(H,27,30)/t12-,18-/m1/s1. The molecule has 0 bridgehead atoms. The first-order valence-corrected chi connectivity index (χ1v) is 11.1. The summed E-state index contributed by atoms with van der Waals surface area (Å²) in [6.07, 6.45) is 5.58. The highest BCUT2D eigenvalue weighted by atomic mass is 19.1. The lowest BCUT2D eigenvalue weighted by atomic mass is 10.0. The number of morpholine rings is 1. The van der Waals surface area contributed by atoms with E-state index in [9.17, 15) is 8.78 Å². The van der Waals surface area contributed by atoms with E-state index in [1.54, 1.807) is 17.9 Å². The Labute approximate surface area is 188 Å². The molecule has 0 radical (unpaired) electrons. The zero-order chi connectivity index (χ0) is 22.7. The summed E-state index contributed by atoms with van der Waals surface area (Å²) in [5.41, 5.74) is 3.77. The highest BCUT2D eigenvalue weighted by Gasteiger charge is 2.35. The fourth-order valence-corrected chi connectivity index (χ4v) is 4.59. The van der Waals surface area contributed by atoms with Gasteiger partial charge in [0.05, 0.1) is 24.7 Å². The summed E-state index contributed by atoms with van der Waals surface area (Å²) in [7, 11) is 1.80. The Hall–Kier alpha value is -3.40. The Morgan fingerprint density at radius 2 is 2.00 bits per heavy atom. The van der Waals surface area contributed by atoms with Gasteiger partial charge in [0.15, 0.2) is 5.65 Å². The normalized spacial score (nSPS) is 21.2. The van der Waals surface area contributed by atoms with Crippen LogP contribution in [0.15, 0.2) is 30.7 Å². The Bertz CT molecular complexity index is 1350. The first kappa shape index (κ1) is 20.2. The average Bonchev–Trinajstić information content (AvgIpc) is 3.39. The van der Waals surface area contributed by atoms with E-state index >= 15 is 0 Å². The molecule has 4 aromatic rings. The third-order valence-electron chi connectivity index (χ3n) is 6.30. The molecule has 1 aliphatic heterocycles. The van der Waals surface area contributed by atoms with Crippen LogP contribution in [-0.2, 0) is 11.8 Å². The van der Waals surface area contributed by atoms with Crippen molar-refractivity contribution in [2.24, 2.45) is 7.05 Å². The molecular formula is C23H23F2N7O. The van der Waals surface area contributed by atoms with Gasteiger partial charge in [0.2, 0.25) is 5.95 Å². The van der Waals surface area contributed by atoms with Crippen LogP contribution in [0.4, 0.5) is 14.7 Å². The molecule has 170 valence electrons. The predicted molar refractivity (Wildman–Crippen MR) is 118 cm³/mol. The molecule has 0 spiro atoms. The first-order valence-electron chi connectivity index (χ1n) is 11.1. The Morgan fingerprint density at radius 1 is 1.15 bits per heavy atom. The van der Waals surface area contributed by atoms with Crippen molar-refractivity contribution in [3.63, 3.8) is 0 Å². The van der Waals surface area contributed by atoms with E-state index < -0.39 is 11.6 Å². The molecule has 6 rings (SSSR count). The molecule has 1 saturated carbocycles. The van der Waals surface area contributed by atoms with Crippen molar-refractivity contribution in [3.8, 4) is 11.3 Å². The van der Waals surface area contributed by atoms with Crippen molar-refractivity contribution >= 4 is 17.1 Å². The number of halogens is 2. The number of ether oxygens (including phenoxy) is 1. The Kier molecular flexibility index (Phi) is 4.65. The molecule has 2 atom stereocenters. The Morgan fingerprint density at radius 3 is 2.79 bits per heavy atom. The lowest BCUT2D eigenvalue weighted by molar-refractivity contribution is -0.0182. The fourth-order valence-electron chi connectivity index (χ4n) is 4.59. The van der Waals surface area contributed by atoms with Gasteiger partial charge in [-0.2, -0.15) is 10.1 Å². The minimum atomic E-state index is -0.678.